The van der Waals surface area contributed by atoms with Gasteiger partial charge in [0.25, 0.3) is 0 Å². The molecule has 23 heavy (non-hydrogen) atoms. The zero-order valence-electron chi connectivity index (χ0n) is 14.3. The van der Waals surface area contributed by atoms with Gasteiger partial charge in [0.2, 0.25) is 0 Å². The predicted molar refractivity (Wildman–Crippen MR) is 89.0 cm³/mol. The Balaban J connectivity index is 1.93. The molecule has 0 saturated heterocycles. The number of unbranched alkanes of at least 4 members (excludes halogenated alkanes) is 1. The molecule has 1 N–H and O–H groups in total. The average molecular weight is 322 g/mol. The van der Waals surface area contributed by atoms with Gasteiger partial charge in [-0.15, -0.1) is 0 Å². The smallest absolute Gasteiger partial charge is 0.331 e. The number of aliphatic carboxylic acids is 1. The molecule has 0 bridgehead atoms. The van der Waals surface area contributed by atoms with E-state index in [-0.39, 0.29) is 5.60 Å². The Morgan fingerprint density at radius 2 is 1.78 bits per heavy atom. The van der Waals surface area contributed by atoms with Gasteiger partial charge in [-0.25, -0.2) is 9.59 Å². The summed E-state index contributed by atoms with van der Waals surface area (Å²) in [6, 6.07) is 0. The van der Waals surface area contributed by atoms with Crippen molar-refractivity contribution in [3.63, 3.8) is 0 Å². The van der Waals surface area contributed by atoms with Crippen LogP contribution in [0.4, 0.5) is 0 Å². The highest BCUT2D eigenvalue weighted by Gasteiger charge is 2.45. The number of carboxylic acids is 1. The van der Waals surface area contributed by atoms with Crippen LogP contribution in [0.25, 0.3) is 0 Å². The van der Waals surface area contributed by atoms with Gasteiger partial charge in [0.15, 0.2) is 0 Å². The van der Waals surface area contributed by atoms with Crippen molar-refractivity contribution in [3.8, 4) is 0 Å². The van der Waals surface area contributed by atoms with E-state index >= 15 is 0 Å². The normalized spacial score (nSPS) is 27.2. The molecule has 4 heteroatoms. The third kappa shape index (κ3) is 5.08. The van der Waals surface area contributed by atoms with Gasteiger partial charge in [0.1, 0.15) is 5.60 Å². The second-order valence-corrected chi connectivity index (χ2v) is 7.22. The first kappa shape index (κ1) is 18.0. The standard InChI is InChI=1S/C19H30O4/c1-2-3-6-15-7-9-16(10-8-15)19(13-4-5-14-19)23-18(22)12-11-17(20)21/h11-12,15-16H,2-10,13-14H2,1H3,(H,20,21)/b12-11+. The lowest BCUT2D eigenvalue weighted by molar-refractivity contribution is -0.161. The Kier molecular flexibility index (Phi) is 6.67. The fourth-order valence-corrected chi connectivity index (χ4v) is 4.41. The summed E-state index contributed by atoms with van der Waals surface area (Å²) >= 11 is 0. The Morgan fingerprint density at radius 1 is 1.13 bits per heavy atom. The van der Waals surface area contributed by atoms with E-state index in [4.69, 9.17) is 9.84 Å². The number of carboxylic acid groups (broad SMARTS) is 1. The molecule has 0 aromatic carbocycles. The van der Waals surface area contributed by atoms with E-state index in [0.717, 1.165) is 56.6 Å². The third-order valence-corrected chi connectivity index (χ3v) is 5.67. The summed E-state index contributed by atoms with van der Waals surface area (Å²) in [5.41, 5.74) is -0.338. The maximum atomic E-state index is 12.0. The fraction of sp³-hybridized carbons (Fsp3) is 0.789. The Bertz CT molecular complexity index is 427. The average Bonchev–Trinajstić information content (AvgIpc) is 3.01. The van der Waals surface area contributed by atoms with Crippen molar-refractivity contribution in [2.45, 2.75) is 83.2 Å². The van der Waals surface area contributed by atoms with Crippen LogP contribution in [0.5, 0.6) is 0 Å². The molecule has 0 unspecified atom stereocenters. The summed E-state index contributed by atoms with van der Waals surface area (Å²) in [5.74, 6) is -0.321. The van der Waals surface area contributed by atoms with Crippen LogP contribution in [-0.2, 0) is 14.3 Å². The van der Waals surface area contributed by atoms with Crippen molar-refractivity contribution in [1.82, 2.24) is 0 Å². The van der Waals surface area contributed by atoms with Crippen LogP contribution in [-0.4, -0.2) is 22.6 Å². The van der Waals surface area contributed by atoms with Gasteiger partial charge in [-0.1, -0.05) is 39.0 Å². The number of ether oxygens (including phenoxy) is 1. The van der Waals surface area contributed by atoms with E-state index in [2.05, 4.69) is 6.92 Å². The van der Waals surface area contributed by atoms with Gasteiger partial charge in [-0.2, -0.15) is 0 Å². The fourth-order valence-electron chi connectivity index (χ4n) is 4.41. The second-order valence-electron chi connectivity index (χ2n) is 7.22. The zero-order chi connectivity index (χ0) is 16.7. The molecule has 2 rings (SSSR count). The number of carbonyl (C=O) groups is 2. The molecule has 0 radical (unpaired) electrons. The topological polar surface area (TPSA) is 63.6 Å². The van der Waals surface area contributed by atoms with Crippen molar-refractivity contribution in [2.24, 2.45) is 11.8 Å². The molecule has 2 saturated carbocycles. The highest BCUT2D eigenvalue weighted by atomic mass is 16.6. The lowest BCUT2D eigenvalue weighted by Gasteiger charge is -2.41. The third-order valence-electron chi connectivity index (χ3n) is 5.67. The molecule has 0 heterocycles. The number of hydrogen-bond acceptors (Lipinski definition) is 3. The van der Waals surface area contributed by atoms with Gasteiger partial charge in [0, 0.05) is 12.2 Å². The molecule has 2 aliphatic rings. The van der Waals surface area contributed by atoms with Gasteiger partial charge < -0.3 is 9.84 Å². The van der Waals surface area contributed by atoms with E-state index in [1.165, 1.54) is 32.1 Å². The van der Waals surface area contributed by atoms with E-state index in [1.807, 2.05) is 0 Å². The summed E-state index contributed by atoms with van der Waals surface area (Å²) in [7, 11) is 0. The lowest BCUT2D eigenvalue weighted by Crippen LogP contribution is -2.41. The number of hydrogen-bond donors (Lipinski definition) is 1. The van der Waals surface area contributed by atoms with E-state index in [9.17, 15) is 9.59 Å². The van der Waals surface area contributed by atoms with E-state index in [0.29, 0.717) is 5.92 Å². The van der Waals surface area contributed by atoms with Crippen LogP contribution < -0.4 is 0 Å². The van der Waals surface area contributed by atoms with Crippen molar-refractivity contribution in [1.29, 1.82) is 0 Å². The van der Waals surface area contributed by atoms with Gasteiger partial charge in [-0.3, -0.25) is 0 Å². The Labute approximate surface area is 139 Å². The molecule has 0 atom stereocenters. The van der Waals surface area contributed by atoms with Gasteiger partial charge in [-0.05, 0) is 50.4 Å². The summed E-state index contributed by atoms with van der Waals surface area (Å²) < 4.78 is 5.82. The first-order chi connectivity index (χ1) is 11.1. The van der Waals surface area contributed by atoms with Crippen LogP contribution >= 0.6 is 0 Å². The molecule has 4 nitrogen and oxygen atoms in total. The summed E-state index contributed by atoms with van der Waals surface area (Å²) in [6.45, 7) is 2.24. The molecule has 2 fully saturated rings. The van der Waals surface area contributed by atoms with Crippen LogP contribution in [0.3, 0.4) is 0 Å². The zero-order valence-corrected chi connectivity index (χ0v) is 14.3. The minimum Gasteiger partial charge on any atom is -0.478 e. The first-order valence-electron chi connectivity index (χ1n) is 9.19. The van der Waals surface area contributed by atoms with Crippen molar-refractivity contribution >= 4 is 11.9 Å². The van der Waals surface area contributed by atoms with E-state index < -0.39 is 11.9 Å². The molecule has 130 valence electrons. The molecule has 0 spiro atoms. The first-order valence-corrected chi connectivity index (χ1v) is 9.19. The molecule has 2 aliphatic carbocycles. The highest BCUT2D eigenvalue weighted by Crippen LogP contribution is 2.47. The summed E-state index contributed by atoms with van der Waals surface area (Å²) in [4.78, 5) is 22.5. The van der Waals surface area contributed by atoms with Crippen molar-refractivity contribution in [3.05, 3.63) is 12.2 Å². The molecular formula is C19H30O4. The van der Waals surface area contributed by atoms with Crippen LogP contribution in [0.1, 0.15) is 77.6 Å². The largest absolute Gasteiger partial charge is 0.478 e. The second kappa shape index (κ2) is 8.51. The maximum absolute atomic E-state index is 12.0. The lowest BCUT2D eigenvalue weighted by atomic mass is 9.71. The number of rotatable bonds is 7. The SMILES string of the molecule is CCCCC1CCC(C2(OC(=O)/C=C/C(=O)O)CCCC2)CC1. The molecule has 0 aromatic heterocycles. The summed E-state index contributed by atoms with van der Waals surface area (Å²) in [5, 5.41) is 8.64. The number of carbonyl (C=O) groups excluding carboxylic acids is 1. The minimum atomic E-state index is -1.11. The van der Waals surface area contributed by atoms with Gasteiger partial charge in [0.05, 0.1) is 0 Å². The monoisotopic (exact) mass is 322 g/mol. The van der Waals surface area contributed by atoms with Crippen LogP contribution in [0, 0.1) is 11.8 Å². The van der Waals surface area contributed by atoms with Crippen LogP contribution in [0.15, 0.2) is 12.2 Å². The van der Waals surface area contributed by atoms with E-state index in [1.54, 1.807) is 0 Å². The highest BCUT2D eigenvalue weighted by molar-refractivity contribution is 5.90. The molecule has 0 amide bonds. The molecule has 0 aromatic rings. The van der Waals surface area contributed by atoms with Crippen molar-refractivity contribution < 1.29 is 19.4 Å². The Morgan fingerprint density at radius 3 is 2.35 bits per heavy atom. The Hall–Kier alpha value is -1.32. The molecular weight excluding hydrogens is 292 g/mol. The molecule has 0 aliphatic heterocycles. The summed E-state index contributed by atoms with van der Waals surface area (Å²) in [6.07, 6.45) is 14.7. The van der Waals surface area contributed by atoms with Gasteiger partial charge >= 0.3 is 11.9 Å². The maximum Gasteiger partial charge on any atom is 0.331 e. The predicted octanol–water partition coefficient (Wildman–Crippen LogP) is 4.48. The minimum absolute atomic E-state index is 0.338. The quantitative estimate of drug-likeness (QED) is 0.554. The van der Waals surface area contributed by atoms with Crippen LogP contribution in [0.2, 0.25) is 0 Å². The van der Waals surface area contributed by atoms with Crippen molar-refractivity contribution in [2.75, 3.05) is 0 Å². The number of esters is 1.